The summed E-state index contributed by atoms with van der Waals surface area (Å²) in [6, 6.07) is 5.17. The maximum atomic E-state index is 13.9. The number of rotatable bonds is 1. The van der Waals surface area contributed by atoms with Crippen LogP contribution in [-0.4, -0.2) is 26.1 Å². The van der Waals surface area contributed by atoms with Crippen molar-refractivity contribution in [2.75, 3.05) is 19.1 Å². The molecular formula is C12H14FNO3. The third kappa shape index (κ3) is 2.18. The molecule has 4 nitrogen and oxygen atoms in total. The Morgan fingerprint density at radius 3 is 2.88 bits per heavy atom. The van der Waals surface area contributed by atoms with E-state index in [4.69, 9.17) is 9.47 Å². The van der Waals surface area contributed by atoms with Crippen LogP contribution in [0.3, 0.4) is 0 Å². The number of alkyl halides is 1. The van der Waals surface area contributed by atoms with Crippen molar-refractivity contribution >= 4 is 11.8 Å². The van der Waals surface area contributed by atoms with E-state index in [9.17, 15) is 9.18 Å². The van der Waals surface area contributed by atoms with E-state index in [1.54, 1.807) is 25.2 Å². The molecule has 0 saturated heterocycles. The van der Waals surface area contributed by atoms with Gasteiger partial charge in [0.2, 0.25) is 0 Å². The summed E-state index contributed by atoms with van der Waals surface area (Å²) in [6.45, 7) is 1.25. The molecule has 1 heterocycles. The molecule has 0 spiro atoms. The van der Waals surface area contributed by atoms with Gasteiger partial charge in [0.15, 0.2) is 0 Å². The summed E-state index contributed by atoms with van der Waals surface area (Å²) in [7, 11) is 3.08. The van der Waals surface area contributed by atoms with E-state index in [0.717, 1.165) is 0 Å². The normalized spacial score (nSPS) is 23.8. The van der Waals surface area contributed by atoms with Gasteiger partial charge in [-0.1, -0.05) is 6.07 Å². The highest BCUT2D eigenvalue weighted by molar-refractivity contribution is 5.89. The number of cyclic esters (lactones) is 1. The first-order chi connectivity index (χ1) is 7.93. The predicted molar refractivity (Wildman–Crippen MR) is 61.1 cm³/mol. The minimum atomic E-state index is -1.98. The summed E-state index contributed by atoms with van der Waals surface area (Å²) in [4.78, 5) is 12.9. The van der Waals surface area contributed by atoms with Gasteiger partial charge in [-0.2, -0.15) is 4.39 Å². The van der Waals surface area contributed by atoms with Gasteiger partial charge >= 0.3 is 6.09 Å². The molecule has 1 unspecified atom stereocenters. The van der Waals surface area contributed by atoms with Crippen LogP contribution in [0.15, 0.2) is 18.2 Å². The van der Waals surface area contributed by atoms with Crippen molar-refractivity contribution in [3.63, 3.8) is 0 Å². The Hall–Kier alpha value is -1.78. The van der Waals surface area contributed by atoms with E-state index in [1.807, 2.05) is 0 Å². The van der Waals surface area contributed by atoms with Crippen molar-refractivity contribution in [1.82, 2.24) is 0 Å². The second kappa shape index (κ2) is 3.91. The number of methoxy groups -OCH3 is 1. The van der Waals surface area contributed by atoms with Crippen molar-refractivity contribution in [1.29, 1.82) is 0 Å². The van der Waals surface area contributed by atoms with E-state index >= 15 is 0 Å². The molecule has 92 valence electrons. The molecule has 1 aliphatic heterocycles. The molecule has 1 atom stereocenters. The molecule has 1 aromatic rings. The number of carbonyl (C=O) groups is 1. The molecule has 0 bridgehead atoms. The lowest BCUT2D eigenvalue weighted by Gasteiger charge is -2.18. The quantitative estimate of drug-likeness (QED) is 0.755. The number of halogens is 1. The van der Waals surface area contributed by atoms with Crippen molar-refractivity contribution in [2.45, 2.75) is 19.2 Å². The summed E-state index contributed by atoms with van der Waals surface area (Å²) in [5.74, 6) is -1.36. The van der Waals surface area contributed by atoms with Gasteiger partial charge in [0.05, 0.1) is 12.8 Å². The maximum Gasteiger partial charge on any atom is 0.416 e. The lowest BCUT2D eigenvalue weighted by molar-refractivity contribution is -0.0734. The minimum Gasteiger partial charge on any atom is -0.497 e. The fourth-order valence-corrected chi connectivity index (χ4v) is 1.86. The van der Waals surface area contributed by atoms with Crippen LogP contribution in [0.2, 0.25) is 0 Å². The van der Waals surface area contributed by atoms with E-state index in [0.29, 0.717) is 17.0 Å². The zero-order valence-electron chi connectivity index (χ0n) is 9.99. The molecule has 1 aliphatic rings. The number of fused-ring (bicyclic) bond motifs is 1. The van der Waals surface area contributed by atoms with Crippen LogP contribution >= 0.6 is 0 Å². The smallest absolute Gasteiger partial charge is 0.416 e. The van der Waals surface area contributed by atoms with Crippen LogP contribution in [0.25, 0.3) is 0 Å². The lowest BCUT2D eigenvalue weighted by Crippen LogP contribution is -2.32. The number of anilines is 1. The van der Waals surface area contributed by atoms with Gasteiger partial charge in [-0.05, 0) is 11.6 Å². The topological polar surface area (TPSA) is 38.8 Å². The molecule has 0 fully saturated rings. The number of hydrogen-bond acceptors (Lipinski definition) is 3. The first-order valence-electron chi connectivity index (χ1n) is 5.25. The fraction of sp³-hybridized carbons (Fsp3) is 0.417. The van der Waals surface area contributed by atoms with Crippen LogP contribution in [0, 0.1) is 0 Å². The summed E-state index contributed by atoms with van der Waals surface area (Å²) in [5, 5.41) is 0. The maximum absolute atomic E-state index is 13.9. The molecule has 0 aromatic heterocycles. The van der Waals surface area contributed by atoms with Crippen LogP contribution in [-0.2, 0) is 11.2 Å². The van der Waals surface area contributed by atoms with Crippen molar-refractivity contribution in [3.05, 3.63) is 23.8 Å². The molecular weight excluding hydrogens is 225 g/mol. The molecule has 1 aromatic carbocycles. The van der Waals surface area contributed by atoms with E-state index in [1.165, 1.54) is 18.9 Å². The van der Waals surface area contributed by atoms with Gasteiger partial charge in [0, 0.05) is 26.5 Å². The van der Waals surface area contributed by atoms with Crippen LogP contribution < -0.4 is 9.64 Å². The zero-order chi connectivity index (χ0) is 12.6. The first kappa shape index (κ1) is 11.7. The molecule has 2 rings (SSSR count). The summed E-state index contributed by atoms with van der Waals surface area (Å²) in [6.07, 6.45) is -0.676. The summed E-state index contributed by atoms with van der Waals surface area (Å²) >= 11 is 0. The highest BCUT2D eigenvalue weighted by Crippen LogP contribution is 2.34. The molecule has 0 saturated carbocycles. The number of amides is 1. The average molecular weight is 239 g/mol. The van der Waals surface area contributed by atoms with Gasteiger partial charge in [-0.25, -0.2) is 4.79 Å². The second-order valence-electron chi connectivity index (χ2n) is 4.20. The lowest BCUT2D eigenvalue weighted by atomic mass is 10.0. The predicted octanol–water partition coefficient (Wildman–Crippen LogP) is 2.51. The van der Waals surface area contributed by atoms with E-state index < -0.39 is 11.9 Å². The Morgan fingerprint density at radius 2 is 2.24 bits per heavy atom. The molecule has 5 heteroatoms. The number of carbonyl (C=O) groups excluding carboxylic acids is 1. The second-order valence-corrected chi connectivity index (χ2v) is 4.20. The molecule has 0 aliphatic carbocycles. The Labute approximate surface area is 98.9 Å². The Balaban J connectivity index is 2.51. The Bertz CT molecular complexity index is 459. The van der Waals surface area contributed by atoms with Gasteiger partial charge < -0.3 is 9.47 Å². The largest absolute Gasteiger partial charge is 0.497 e. The molecule has 0 radical (unpaired) electrons. The van der Waals surface area contributed by atoms with Crippen LogP contribution in [0.5, 0.6) is 5.75 Å². The third-order valence-corrected chi connectivity index (χ3v) is 2.73. The molecule has 1 amide bonds. The van der Waals surface area contributed by atoms with Gasteiger partial charge in [0.1, 0.15) is 5.75 Å². The SMILES string of the molecule is COc1ccc2c(c1)N(C)C(=O)OC(C)(F)C2. The van der Waals surface area contributed by atoms with Crippen LogP contribution in [0.1, 0.15) is 12.5 Å². The highest BCUT2D eigenvalue weighted by atomic mass is 19.2. The Morgan fingerprint density at radius 1 is 1.53 bits per heavy atom. The van der Waals surface area contributed by atoms with Crippen molar-refractivity contribution in [3.8, 4) is 5.75 Å². The van der Waals surface area contributed by atoms with Crippen molar-refractivity contribution in [2.24, 2.45) is 0 Å². The highest BCUT2D eigenvalue weighted by Gasteiger charge is 2.35. The zero-order valence-corrected chi connectivity index (χ0v) is 9.99. The molecule has 17 heavy (non-hydrogen) atoms. The van der Waals surface area contributed by atoms with Crippen LogP contribution in [0.4, 0.5) is 14.9 Å². The summed E-state index contributed by atoms with van der Waals surface area (Å²) in [5.41, 5.74) is 1.32. The number of hydrogen-bond donors (Lipinski definition) is 0. The van der Waals surface area contributed by atoms with Crippen molar-refractivity contribution < 1.29 is 18.7 Å². The number of nitrogens with zero attached hydrogens (tertiary/aromatic N) is 1. The van der Waals surface area contributed by atoms with Gasteiger partial charge in [-0.3, -0.25) is 4.90 Å². The minimum absolute atomic E-state index is 0.0302. The van der Waals surface area contributed by atoms with Gasteiger partial charge in [-0.15, -0.1) is 0 Å². The van der Waals surface area contributed by atoms with E-state index in [-0.39, 0.29) is 6.42 Å². The molecule has 0 N–H and O–H groups in total. The third-order valence-electron chi connectivity index (χ3n) is 2.73. The summed E-state index contributed by atoms with van der Waals surface area (Å²) < 4.78 is 23.7. The number of ether oxygens (including phenoxy) is 2. The van der Waals surface area contributed by atoms with Gasteiger partial charge in [0.25, 0.3) is 5.85 Å². The fourth-order valence-electron chi connectivity index (χ4n) is 1.86. The monoisotopic (exact) mass is 239 g/mol. The average Bonchev–Trinajstić information content (AvgIpc) is 2.34. The number of benzene rings is 1. The standard InChI is InChI=1S/C12H14FNO3/c1-12(13)7-8-4-5-9(16-3)6-10(8)14(2)11(15)17-12/h4-6H,7H2,1-3H3. The Kier molecular flexibility index (Phi) is 2.69. The van der Waals surface area contributed by atoms with E-state index in [2.05, 4.69) is 0 Å². The first-order valence-corrected chi connectivity index (χ1v) is 5.25.